The molecule has 134 valence electrons. The van der Waals surface area contributed by atoms with Crippen molar-refractivity contribution in [1.29, 1.82) is 0 Å². The number of benzene rings is 1. The smallest absolute Gasteiger partial charge is 0.225 e. The molecule has 0 bridgehead atoms. The number of hydrogen-bond donors (Lipinski definition) is 0. The lowest BCUT2D eigenvalue weighted by molar-refractivity contribution is 0.212. The van der Waals surface area contributed by atoms with E-state index in [4.69, 9.17) is 0 Å². The summed E-state index contributed by atoms with van der Waals surface area (Å²) in [5.41, 5.74) is 3.47. The normalized spacial score (nSPS) is 15.8. The summed E-state index contributed by atoms with van der Waals surface area (Å²) in [7, 11) is 2.20. The lowest BCUT2D eigenvalue weighted by atomic mass is 10.2. The first-order valence-corrected chi connectivity index (χ1v) is 9.12. The average Bonchev–Trinajstić information content (AvgIpc) is 2.60. The van der Waals surface area contributed by atoms with Gasteiger partial charge < -0.3 is 9.80 Å². The zero-order valence-electron chi connectivity index (χ0n) is 15.6. The van der Waals surface area contributed by atoms with Crippen LogP contribution in [-0.4, -0.2) is 66.1 Å². The Hall–Kier alpha value is -1.98. The van der Waals surface area contributed by atoms with Crippen molar-refractivity contribution in [3.63, 3.8) is 0 Å². The summed E-state index contributed by atoms with van der Waals surface area (Å²) < 4.78 is 0. The topological polar surface area (TPSA) is 35.5 Å². The third-order valence-corrected chi connectivity index (χ3v) is 4.72. The fourth-order valence-electron chi connectivity index (χ4n) is 3.31. The molecule has 1 aromatic heterocycles. The van der Waals surface area contributed by atoms with Crippen LogP contribution in [0.15, 0.2) is 36.4 Å². The Balaban J connectivity index is 1.43. The molecule has 1 aliphatic heterocycles. The average molecular weight is 339 g/mol. The molecule has 0 saturated carbocycles. The van der Waals surface area contributed by atoms with E-state index in [0.29, 0.717) is 0 Å². The Morgan fingerprint density at radius 1 is 0.960 bits per heavy atom. The summed E-state index contributed by atoms with van der Waals surface area (Å²) in [6.07, 6.45) is 0. The quantitative estimate of drug-likeness (QED) is 0.807. The molecule has 1 fully saturated rings. The third kappa shape index (κ3) is 5.25. The standard InChI is InChI=1S/C20H29N5/c1-17-15-18(2)22-20(21-17)25-13-11-24(12-14-25)10-9-23(3)16-19-7-5-4-6-8-19/h4-8,15H,9-14,16H2,1-3H3. The van der Waals surface area contributed by atoms with Crippen LogP contribution in [0.5, 0.6) is 0 Å². The Labute approximate surface area is 151 Å². The van der Waals surface area contributed by atoms with Gasteiger partial charge in [-0.1, -0.05) is 30.3 Å². The van der Waals surface area contributed by atoms with Crippen molar-refractivity contribution < 1.29 is 0 Å². The molecule has 2 aromatic rings. The highest BCUT2D eigenvalue weighted by molar-refractivity contribution is 5.32. The van der Waals surface area contributed by atoms with Gasteiger partial charge in [-0.15, -0.1) is 0 Å². The van der Waals surface area contributed by atoms with Crippen molar-refractivity contribution in [3.05, 3.63) is 53.3 Å². The van der Waals surface area contributed by atoms with Crippen molar-refractivity contribution in [2.24, 2.45) is 0 Å². The monoisotopic (exact) mass is 339 g/mol. The number of rotatable bonds is 6. The number of piperazine rings is 1. The number of nitrogens with zero attached hydrogens (tertiary/aromatic N) is 5. The van der Waals surface area contributed by atoms with Crippen LogP contribution in [0, 0.1) is 13.8 Å². The molecule has 0 unspecified atom stereocenters. The van der Waals surface area contributed by atoms with Crippen molar-refractivity contribution >= 4 is 5.95 Å². The van der Waals surface area contributed by atoms with Crippen LogP contribution in [0.1, 0.15) is 17.0 Å². The minimum absolute atomic E-state index is 0.887. The predicted octanol–water partition coefficient (Wildman–Crippen LogP) is 2.35. The predicted molar refractivity (Wildman–Crippen MR) is 103 cm³/mol. The first kappa shape index (κ1) is 17.8. The molecule has 1 saturated heterocycles. The second-order valence-corrected chi connectivity index (χ2v) is 7.00. The lowest BCUT2D eigenvalue weighted by Crippen LogP contribution is -2.48. The number of hydrogen-bond acceptors (Lipinski definition) is 5. The van der Waals surface area contributed by atoms with Crippen LogP contribution >= 0.6 is 0 Å². The first-order chi connectivity index (χ1) is 12.1. The van der Waals surface area contributed by atoms with Gasteiger partial charge in [-0.2, -0.15) is 0 Å². The maximum absolute atomic E-state index is 4.59. The molecule has 0 spiro atoms. The summed E-state index contributed by atoms with van der Waals surface area (Å²) in [6, 6.07) is 12.7. The van der Waals surface area contributed by atoms with Gasteiger partial charge in [-0.25, -0.2) is 9.97 Å². The molecule has 3 rings (SSSR count). The van der Waals surface area contributed by atoms with Crippen LogP contribution in [0.3, 0.4) is 0 Å². The van der Waals surface area contributed by atoms with Crippen LogP contribution in [0.2, 0.25) is 0 Å². The molecule has 0 amide bonds. The Bertz CT molecular complexity index is 645. The van der Waals surface area contributed by atoms with Gasteiger partial charge in [0.05, 0.1) is 0 Å². The Morgan fingerprint density at radius 3 is 2.24 bits per heavy atom. The fourth-order valence-corrected chi connectivity index (χ4v) is 3.31. The van der Waals surface area contributed by atoms with E-state index in [1.807, 2.05) is 19.9 Å². The molecule has 0 N–H and O–H groups in total. The minimum Gasteiger partial charge on any atom is -0.338 e. The SMILES string of the molecule is Cc1cc(C)nc(N2CCN(CCN(C)Cc3ccccc3)CC2)n1. The van der Waals surface area contributed by atoms with E-state index in [2.05, 4.69) is 62.0 Å². The number of likely N-dealkylation sites (N-methyl/N-ethyl adjacent to an activating group) is 1. The van der Waals surface area contributed by atoms with Gasteiger partial charge >= 0.3 is 0 Å². The third-order valence-electron chi connectivity index (χ3n) is 4.72. The lowest BCUT2D eigenvalue weighted by Gasteiger charge is -2.35. The van der Waals surface area contributed by atoms with E-state index in [1.165, 1.54) is 5.56 Å². The molecule has 0 atom stereocenters. The van der Waals surface area contributed by atoms with Gasteiger partial charge in [0.1, 0.15) is 0 Å². The maximum atomic E-state index is 4.59. The number of aromatic nitrogens is 2. The summed E-state index contributed by atoms with van der Waals surface area (Å²) in [4.78, 5) is 16.4. The maximum Gasteiger partial charge on any atom is 0.225 e. The van der Waals surface area contributed by atoms with Gasteiger partial charge in [-0.05, 0) is 32.5 Å². The van der Waals surface area contributed by atoms with E-state index in [0.717, 1.165) is 63.1 Å². The minimum atomic E-state index is 0.887. The molecular formula is C20H29N5. The molecule has 0 aliphatic carbocycles. The molecule has 2 heterocycles. The van der Waals surface area contributed by atoms with Gasteiger partial charge in [0.15, 0.2) is 0 Å². The molecule has 25 heavy (non-hydrogen) atoms. The second kappa shape index (κ2) is 8.41. The Morgan fingerprint density at radius 2 is 1.60 bits per heavy atom. The zero-order chi connectivity index (χ0) is 17.6. The van der Waals surface area contributed by atoms with Crippen molar-refractivity contribution in [2.45, 2.75) is 20.4 Å². The highest BCUT2D eigenvalue weighted by atomic mass is 15.3. The van der Waals surface area contributed by atoms with Crippen molar-refractivity contribution in [1.82, 2.24) is 19.8 Å². The van der Waals surface area contributed by atoms with E-state index in [9.17, 15) is 0 Å². The number of anilines is 1. The van der Waals surface area contributed by atoms with Crippen LogP contribution in [0.25, 0.3) is 0 Å². The zero-order valence-corrected chi connectivity index (χ0v) is 15.6. The molecule has 5 heteroatoms. The highest BCUT2D eigenvalue weighted by Gasteiger charge is 2.19. The van der Waals surface area contributed by atoms with Gasteiger partial charge in [0.2, 0.25) is 5.95 Å². The van der Waals surface area contributed by atoms with Gasteiger partial charge in [0, 0.05) is 57.2 Å². The molecule has 0 radical (unpaired) electrons. The molecule has 5 nitrogen and oxygen atoms in total. The van der Waals surface area contributed by atoms with E-state index in [1.54, 1.807) is 0 Å². The van der Waals surface area contributed by atoms with Crippen molar-refractivity contribution in [3.8, 4) is 0 Å². The van der Waals surface area contributed by atoms with Crippen LogP contribution < -0.4 is 4.90 Å². The summed E-state index contributed by atoms with van der Waals surface area (Å²) in [6.45, 7) is 11.5. The fraction of sp³-hybridized carbons (Fsp3) is 0.500. The van der Waals surface area contributed by atoms with Gasteiger partial charge in [0.25, 0.3) is 0 Å². The Kier molecular flexibility index (Phi) is 6.00. The summed E-state index contributed by atoms with van der Waals surface area (Å²) >= 11 is 0. The molecule has 1 aromatic carbocycles. The second-order valence-electron chi connectivity index (χ2n) is 7.00. The molecule has 1 aliphatic rings. The summed E-state index contributed by atoms with van der Waals surface area (Å²) in [5.74, 6) is 0.887. The highest BCUT2D eigenvalue weighted by Crippen LogP contribution is 2.13. The van der Waals surface area contributed by atoms with E-state index < -0.39 is 0 Å². The summed E-state index contributed by atoms with van der Waals surface area (Å²) in [5, 5.41) is 0. The largest absolute Gasteiger partial charge is 0.338 e. The molecular weight excluding hydrogens is 310 g/mol. The number of aryl methyl sites for hydroxylation is 2. The van der Waals surface area contributed by atoms with Crippen LogP contribution in [-0.2, 0) is 6.54 Å². The van der Waals surface area contributed by atoms with E-state index in [-0.39, 0.29) is 0 Å². The van der Waals surface area contributed by atoms with Gasteiger partial charge in [-0.3, -0.25) is 4.90 Å². The van der Waals surface area contributed by atoms with Crippen LogP contribution in [0.4, 0.5) is 5.95 Å². The first-order valence-electron chi connectivity index (χ1n) is 9.12. The van der Waals surface area contributed by atoms with E-state index >= 15 is 0 Å². The van der Waals surface area contributed by atoms with Crippen molar-refractivity contribution in [2.75, 3.05) is 51.2 Å².